The van der Waals surface area contributed by atoms with Crippen LogP contribution in [0.5, 0.6) is 0 Å². The van der Waals surface area contributed by atoms with Crippen molar-refractivity contribution in [3.8, 4) is 0 Å². The Bertz CT molecular complexity index is 1550. The molecule has 4 aromatic rings. The predicted molar refractivity (Wildman–Crippen MR) is 152 cm³/mol. The standard InChI is InChI=1S/C32H31F3N2O3/c1-19-16-26(27(17-20(19)2)37-30(39)40-31(3,4)5)36-28(22-12-14-25(15-13-22)32(33,34)35)29(38)24-11-10-21-8-6-7-9-23(21)18-24/h6-18,28,36H,1-5H3,(H,37,39). The van der Waals surface area contributed by atoms with E-state index in [-0.39, 0.29) is 5.78 Å². The number of hydrogen-bond donors (Lipinski definition) is 2. The van der Waals surface area contributed by atoms with Crippen LogP contribution >= 0.6 is 0 Å². The zero-order valence-electron chi connectivity index (χ0n) is 22.9. The SMILES string of the molecule is Cc1cc(NC(=O)OC(C)(C)C)c(NC(C(=O)c2ccc3ccccc3c2)c2ccc(C(F)(F)F)cc2)cc1C. The average molecular weight is 549 g/mol. The molecule has 4 rings (SSSR count). The Labute approximate surface area is 231 Å². The van der Waals surface area contributed by atoms with Crippen LogP contribution in [0.25, 0.3) is 10.8 Å². The highest BCUT2D eigenvalue weighted by atomic mass is 19.4. The summed E-state index contributed by atoms with van der Waals surface area (Å²) in [7, 11) is 0. The summed E-state index contributed by atoms with van der Waals surface area (Å²) >= 11 is 0. The first-order valence-electron chi connectivity index (χ1n) is 12.8. The van der Waals surface area contributed by atoms with Crippen molar-refractivity contribution in [1.82, 2.24) is 0 Å². The van der Waals surface area contributed by atoms with Gasteiger partial charge < -0.3 is 10.1 Å². The number of ether oxygens (including phenoxy) is 1. The molecule has 8 heteroatoms. The van der Waals surface area contributed by atoms with Crippen LogP contribution in [-0.4, -0.2) is 17.5 Å². The van der Waals surface area contributed by atoms with E-state index in [0.717, 1.165) is 34.0 Å². The summed E-state index contributed by atoms with van der Waals surface area (Å²) in [6.45, 7) is 9.00. The van der Waals surface area contributed by atoms with Crippen molar-refractivity contribution in [2.75, 3.05) is 10.6 Å². The van der Waals surface area contributed by atoms with E-state index in [1.165, 1.54) is 12.1 Å². The lowest BCUT2D eigenvalue weighted by Crippen LogP contribution is -2.28. The number of Topliss-reactive ketones (excluding diaryl/α,β-unsaturated/α-hetero) is 1. The van der Waals surface area contributed by atoms with Crippen LogP contribution in [0.15, 0.2) is 78.9 Å². The summed E-state index contributed by atoms with van der Waals surface area (Å²) in [4.78, 5) is 26.6. The summed E-state index contributed by atoms with van der Waals surface area (Å²) in [6.07, 6.45) is -5.19. The lowest BCUT2D eigenvalue weighted by Gasteiger charge is -2.24. The number of halogens is 3. The Hall–Kier alpha value is -4.33. The average Bonchev–Trinajstić information content (AvgIpc) is 2.87. The molecule has 0 radical (unpaired) electrons. The van der Waals surface area contributed by atoms with Crippen molar-refractivity contribution < 1.29 is 27.5 Å². The molecule has 0 aliphatic heterocycles. The normalized spacial score (nSPS) is 12.6. The lowest BCUT2D eigenvalue weighted by atomic mass is 9.94. The highest BCUT2D eigenvalue weighted by molar-refractivity contribution is 6.05. The van der Waals surface area contributed by atoms with E-state index >= 15 is 0 Å². The molecular weight excluding hydrogens is 517 g/mol. The van der Waals surface area contributed by atoms with Crippen LogP contribution < -0.4 is 10.6 Å². The minimum Gasteiger partial charge on any atom is -0.444 e. The smallest absolute Gasteiger partial charge is 0.416 e. The van der Waals surface area contributed by atoms with Gasteiger partial charge in [-0.2, -0.15) is 13.2 Å². The van der Waals surface area contributed by atoms with Crippen molar-refractivity contribution >= 4 is 34.0 Å². The highest BCUT2D eigenvalue weighted by Crippen LogP contribution is 2.34. The van der Waals surface area contributed by atoms with Crippen LogP contribution in [0.3, 0.4) is 0 Å². The molecule has 0 saturated carbocycles. The molecular formula is C32H31F3N2O3. The maximum absolute atomic E-state index is 14.0. The number of carbonyl (C=O) groups is 2. The van der Waals surface area contributed by atoms with Crippen molar-refractivity contribution in [2.24, 2.45) is 0 Å². The zero-order chi connectivity index (χ0) is 29.2. The molecule has 1 atom stereocenters. The van der Waals surface area contributed by atoms with Gasteiger partial charge in [0.1, 0.15) is 11.6 Å². The Balaban J connectivity index is 1.77. The first kappa shape index (κ1) is 28.7. The second kappa shape index (κ2) is 11.0. The summed E-state index contributed by atoms with van der Waals surface area (Å²) in [5.74, 6) is -0.341. The zero-order valence-corrected chi connectivity index (χ0v) is 22.9. The third-order valence-corrected chi connectivity index (χ3v) is 6.44. The monoisotopic (exact) mass is 548 g/mol. The van der Waals surface area contributed by atoms with Gasteiger partial charge in [-0.15, -0.1) is 0 Å². The number of amides is 1. The Kier molecular flexibility index (Phi) is 7.91. The molecule has 0 heterocycles. The second-order valence-electron chi connectivity index (χ2n) is 10.7. The molecule has 2 N–H and O–H groups in total. The number of aryl methyl sites for hydroxylation is 2. The summed E-state index contributed by atoms with van der Waals surface area (Å²) in [5, 5.41) is 7.76. The van der Waals surface area contributed by atoms with E-state index in [9.17, 15) is 22.8 Å². The molecule has 4 aromatic carbocycles. The van der Waals surface area contributed by atoms with E-state index in [1.807, 2.05) is 44.2 Å². The molecule has 5 nitrogen and oxygen atoms in total. The number of hydrogen-bond acceptors (Lipinski definition) is 4. The maximum Gasteiger partial charge on any atom is 0.416 e. The molecule has 40 heavy (non-hydrogen) atoms. The van der Waals surface area contributed by atoms with Gasteiger partial charge in [0.25, 0.3) is 0 Å². The van der Waals surface area contributed by atoms with Gasteiger partial charge in [0.2, 0.25) is 0 Å². The number of anilines is 2. The summed E-state index contributed by atoms with van der Waals surface area (Å²) in [5.41, 5.74) is 1.77. The van der Waals surface area contributed by atoms with Gasteiger partial charge in [0.15, 0.2) is 5.78 Å². The van der Waals surface area contributed by atoms with E-state index in [4.69, 9.17) is 4.74 Å². The lowest BCUT2D eigenvalue weighted by molar-refractivity contribution is -0.137. The van der Waals surface area contributed by atoms with Crippen LogP contribution in [0, 0.1) is 13.8 Å². The van der Waals surface area contributed by atoms with Crippen molar-refractivity contribution in [1.29, 1.82) is 0 Å². The van der Waals surface area contributed by atoms with E-state index in [0.29, 0.717) is 22.5 Å². The molecule has 1 amide bonds. The van der Waals surface area contributed by atoms with Gasteiger partial charge in [-0.3, -0.25) is 10.1 Å². The number of ketones is 1. The van der Waals surface area contributed by atoms with Gasteiger partial charge in [-0.05, 0) is 92.4 Å². The molecule has 0 aromatic heterocycles. The second-order valence-corrected chi connectivity index (χ2v) is 10.7. The topological polar surface area (TPSA) is 67.4 Å². The number of fused-ring (bicyclic) bond motifs is 1. The molecule has 0 aliphatic rings. The van der Waals surface area contributed by atoms with Gasteiger partial charge in [0.05, 0.1) is 16.9 Å². The summed E-state index contributed by atoms with van der Waals surface area (Å²) < 4.78 is 45.2. The van der Waals surface area contributed by atoms with Crippen LogP contribution in [-0.2, 0) is 10.9 Å². The van der Waals surface area contributed by atoms with Crippen LogP contribution in [0.1, 0.15) is 59.4 Å². The number of alkyl halides is 3. The predicted octanol–water partition coefficient (Wildman–Crippen LogP) is 8.86. The number of rotatable bonds is 6. The quantitative estimate of drug-likeness (QED) is 0.236. The molecule has 1 unspecified atom stereocenters. The van der Waals surface area contributed by atoms with E-state index < -0.39 is 29.5 Å². The Morgan fingerprint density at radius 1 is 0.775 bits per heavy atom. The maximum atomic E-state index is 14.0. The van der Waals surface area contributed by atoms with Crippen molar-refractivity contribution in [2.45, 2.75) is 52.4 Å². The Morgan fingerprint density at radius 2 is 1.38 bits per heavy atom. The molecule has 0 fully saturated rings. The molecule has 0 aliphatic carbocycles. The third kappa shape index (κ3) is 6.81. The first-order chi connectivity index (χ1) is 18.7. The van der Waals surface area contributed by atoms with E-state index in [2.05, 4.69) is 10.6 Å². The van der Waals surface area contributed by atoms with Crippen LogP contribution in [0.2, 0.25) is 0 Å². The highest BCUT2D eigenvalue weighted by Gasteiger charge is 2.31. The number of nitrogens with one attached hydrogen (secondary N) is 2. The first-order valence-corrected chi connectivity index (χ1v) is 12.8. The third-order valence-electron chi connectivity index (χ3n) is 6.44. The molecule has 0 bridgehead atoms. The summed E-state index contributed by atoms with van der Waals surface area (Å²) in [6, 6.07) is 19.9. The minimum absolute atomic E-state index is 0.340. The fourth-order valence-corrected chi connectivity index (χ4v) is 4.28. The van der Waals surface area contributed by atoms with Crippen molar-refractivity contribution in [3.63, 3.8) is 0 Å². The molecule has 208 valence electrons. The number of benzene rings is 4. The van der Waals surface area contributed by atoms with Gasteiger partial charge in [-0.1, -0.05) is 48.5 Å². The van der Waals surface area contributed by atoms with Crippen LogP contribution in [0.4, 0.5) is 29.3 Å². The molecule has 0 spiro atoms. The largest absolute Gasteiger partial charge is 0.444 e. The Morgan fingerprint density at radius 3 is 1.98 bits per heavy atom. The van der Waals surface area contributed by atoms with Gasteiger partial charge in [-0.25, -0.2) is 4.79 Å². The molecule has 0 saturated heterocycles. The van der Waals surface area contributed by atoms with E-state index in [1.54, 1.807) is 45.0 Å². The van der Waals surface area contributed by atoms with Gasteiger partial charge in [0, 0.05) is 5.56 Å². The van der Waals surface area contributed by atoms with Gasteiger partial charge >= 0.3 is 12.3 Å². The fraction of sp³-hybridized carbons (Fsp3) is 0.250. The fourth-order valence-electron chi connectivity index (χ4n) is 4.28. The van der Waals surface area contributed by atoms with Crippen molar-refractivity contribution in [3.05, 3.63) is 107 Å². The number of carbonyl (C=O) groups excluding carboxylic acids is 2. The minimum atomic E-state index is -4.51.